The average Bonchev–Trinajstić information content (AvgIpc) is 2.85. The zero-order valence-electron chi connectivity index (χ0n) is 12.0. The van der Waals surface area contributed by atoms with E-state index in [2.05, 4.69) is 4.99 Å². The number of hydrogen-bond acceptors (Lipinski definition) is 4. The van der Waals surface area contributed by atoms with Gasteiger partial charge >= 0.3 is 11.4 Å². The Balaban J connectivity index is 2.37. The van der Waals surface area contributed by atoms with Gasteiger partial charge in [-0.3, -0.25) is 0 Å². The fraction of sp³-hybridized carbons (Fsp3) is 0.308. The van der Waals surface area contributed by atoms with Gasteiger partial charge in [-0.15, -0.1) is 0 Å². The molecule has 0 unspecified atom stereocenters. The van der Waals surface area contributed by atoms with Crippen LogP contribution < -0.4 is 11.4 Å². The molecule has 2 heterocycles. The quantitative estimate of drug-likeness (QED) is 0.786. The number of aliphatic imine (C=N–C) groups is 1. The van der Waals surface area contributed by atoms with E-state index in [4.69, 9.17) is 23.2 Å². The molecule has 0 atom stereocenters. The monoisotopic (exact) mass is 358 g/mol. The molecule has 3 rings (SSSR count). The van der Waals surface area contributed by atoms with Crippen molar-refractivity contribution in [2.24, 2.45) is 4.99 Å². The van der Waals surface area contributed by atoms with Gasteiger partial charge in [-0.2, -0.15) is 9.36 Å². The third kappa shape index (κ3) is 2.07. The smallest absolute Gasteiger partial charge is 0.245 e. The van der Waals surface area contributed by atoms with Crippen LogP contribution in [0.4, 0.5) is 0 Å². The first kappa shape index (κ1) is 15.5. The molecule has 6 nitrogen and oxygen atoms in total. The van der Waals surface area contributed by atoms with Gasteiger partial charge in [-0.1, -0.05) is 35.0 Å². The highest BCUT2D eigenvalue weighted by Gasteiger charge is 2.36. The standard InChI is InChI=1S/C13H12Cl2N4O2S/c1-13(2)16-10(22-3)18-11(20)17(12(21)19(13)18)9-5-4-7(14)6-8(9)15/h4-6H,1-3H3. The van der Waals surface area contributed by atoms with Crippen molar-refractivity contribution in [2.75, 3.05) is 6.26 Å². The van der Waals surface area contributed by atoms with Gasteiger partial charge in [0.1, 0.15) is 0 Å². The number of rotatable bonds is 1. The maximum Gasteiger partial charge on any atom is 0.358 e. The molecule has 0 saturated heterocycles. The van der Waals surface area contributed by atoms with Crippen LogP contribution in [0.2, 0.25) is 10.0 Å². The molecule has 0 aliphatic carbocycles. The summed E-state index contributed by atoms with van der Waals surface area (Å²) in [7, 11) is 0. The number of thioether (sulfide) groups is 1. The van der Waals surface area contributed by atoms with Crippen LogP contribution in [0.3, 0.4) is 0 Å². The van der Waals surface area contributed by atoms with E-state index in [1.54, 1.807) is 32.2 Å². The van der Waals surface area contributed by atoms with Crippen LogP contribution in [0, 0.1) is 0 Å². The Hall–Kier alpha value is -1.44. The highest BCUT2D eigenvalue weighted by atomic mass is 35.5. The molecule has 116 valence electrons. The second kappa shape index (κ2) is 5.04. The van der Waals surface area contributed by atoms with Crippen molar-refractivity contribution in [3.8, 4) is 5.69 Å². The molecule has 0 radical (unpaired) electrons. The van der Waals surface area contributed by atoms with Gasteiger partial charge in [0.25, 0.3) is 0 Å². The van der Waals surface area contributed by atoms with Gasteiger partial charge in [0, 0.05) is 5.02 Å². The lowest BCUT2D eigenvalue weighted by atomic mass is 10.3. The van der Waals surface area contributed by atoms with Crippen LogP contribution in [0.25, 0.3) is 5.69 Å². The highest BCUT2D eigenvalue weighted by molar-refractivity contribution is 8.13. The molecular weight excluding hydrogens is 347 g/mol. The number of halogens is 2. The van der Waals surface area contributed by atoms with E-state index in [-0.39, 0.29) is 5.02 Å². The van der Waals surface area contributed by atoms with E-state index < -0.39 is 17.0 Å². The van der Waals surface area contributed by atoms with Gasteiger partial charge < -0.3 is 0 Å². The molecule has 0 fully saturated rings. The fourth-order valence-corrected chi connectivity index (χ4v) is 3.56. The predicted molar refractivity (Wildman–Crippen MR) is 90.0 cm³/mol. The summed E-state index contributed by atoms with van der Waals surface area (Å²) in [5.74, 6) is 0. The van der Waals surface area contributed by atoms with Crippen LogP contribution in [0.1, 0.15) is 13.8 Å². The Morgan fingerprint density at radius 3 is 2.45 bits per heavy atom. The fourth-order valence-electron chi connectivity index (χ4n) is 2.42. The zero-order valence-corrected chi connectivity index (χ0v) is 14.3. The third-order valence-corrected chi connectivity index (χ3v) is 4.51. The van der Waals surface area contributed by atoms with Crippen LogP contribution in [0.5, 0.6) is 0 Å². The van der Waals surface area contributed by atoms with E-state index in [0.717, 1.165) is 4.57 Å². The first-order chi connectivity index (χ1) is 10.3. The Kier molecular flexibility index (Phi) is 3.54. The maximum absolute atomic E-state index is 12.7. The summed E-state index contributed by atoms with van der Waals surface area (Å²) in [6.45, 7) is 3.53. The Morgan fingerprint density at radius 2 is 1.86 bits per heavy atom. The van der Waals surface area contributed by atoms with Crippen molar-refractivity contribution in [1.29, 1.82) is 0 Å². The number of nitrogens with zero attached hydrogens (tertiary/aromatic N) is 4. The second-order valence-corrected chi connectivity index (χ2v) is 6.83. The van der Waals surface area contributed by atoms with E-state index >= 15 is 0 Å². The lowest BCUT2D eigenvalue weighted by Gasteiger charge is -2.14. The summed E-state index contributed by atoms with van der Waals surface area (Å²) < 4.78 is 3.63. The molecule has 0 spiro atoms. The van der Waals surface area contributed by atoms with Crippen molar-refractivity contribution in [1.82, 2.24) is 13.9 Å². The van der Waals surface area contributed by atoms with E-state index in [9.17, 15) is 9.59 Å². The van der Waals surface area contributed by atoms with Gasteiger partial charge in [-0.05, 0) is 38.3 Å². The third-order valence-electron chi connectivity index (χ3n) is 3.35. The summed E-state index contributed by atoms with van der Waals surface area (Å²) in [4.78, 5) is 29.8. The molecule has 0 saturated carbocycles. The van der Waals surface area contributed by atoms with Crippen LogP contribution >= 0.6 is 35.0 Å². The Labute approximate surface area is 140 Å². The molecule has 0 bridgehead atoms. The number of fused-ring (bicyclic) bond motifs is 1. The van der Waals surface area contributed by atoms with Gasteiger partial charge in [0.15, 0.2) is 10.8 Å². The number of benzene rings is 1. The van der Waals surface area contributed by atoms with Crippen molar-refractivity contribution in [2.45, 2.75) is 19.5 Å². The van der Waals surface area contributed by atoms with Gasteiger partial charge in [0.05, 0.1) is 10.7 Å². The topological polar surface area (TPSA) is 61.3 Å². The second-order valence-electron chi connectivity index (χ2n) is 5.21. The van der Waals surface area contributed by atoms with Crippen LogP contribution in [-0.2, 0) is 5.66 Å². The first-order valence-corrected chi connectivity index (χ1v) is 8.33. The Morgan fingerprint density at radius 1 is 1.18 bits per heavy atom. The molecule has 2 aromatic rings. The van der Waals surface area contributed by atoms with Crippen molar-refractivity contribution in [3.05, 3.63) is 49.2 Å². The van der Waals surface area contributed by atoms with E-state index in [0.29, 0.717) is 15.9 Å². The van der Waals surface area contributed by atoms with Crippen molar-refractivity contribution >= 4 is 40.1 Å². The van der Waals surface area contributed by atoms with E-state index in [1.807, 2.05) is 0 Å². The van der Waals surface area contributed by atoms with Crippen LogP contribution in [-0.4, -0.2) is 25.4 Å². The zero-order chi connectivity index (χ0) is 16.2. The minimum absolute atomic E-state index is 0.233. The first-order valence-electron chi connectivity index (χ1n) is 6.35. The summed E-state index contributed by atoms with van der Waals surface area (Å²) in [6, 6.07) is 4.62. The van der Waals surface area contributed by atoms with E-state index in [1.165, 1.54) is 27.2 Å². The minimum Gasteiger partial charge on any atom is -0.245 e. The molecule has 0 N–H and O–H groups in total. The van der Waals surface area contributed by atoms with Gasteiger partial charge in [-0.25, -0.2) is 19.1 Å². The lowest BCUT2D eigenvalue weighted by Crippen LogP contribution is -2.35. The molecule has 9 heteroatoms. The molecular formula is C13H12Cl2N4O2S. The SMILES string of the molecule is CSC1=NC(C)(C)n2c(=O)n(-c3ccc(Cl)cc3Cl)c(=O)n21. The van der Waals surface area contributed by atoms with Crippen molar-refractivity contribution < 1.29 is 0 Å². The molecule has 0 amide bonds. The molecule has 1 aromatic carbocycles. The molecule has 1 aromatic heterocycles. The highest BCUT2D eigenvalue weighted by Crippen LogP contribution is 2.26. The lowest BCUT2D eigenvalue weighted by molar-refractivity contribution is 0.334. The van der Waals surface area contributed by atoms with Gasteiger partial charge in [0.2, 0.25) is 0 Å². The minimum atomic E-state index is -0.835. The summed E-state index contributed by atoms with van der Waals surface area (Å²) in [5.41, 5.74) is -1.54. The summed E-state index contributed by atoms with van der Waals surface area (Å²) in [6.07, 6.45) is 1.80. The maximum atomic E-state index is 12.7. The van der Waals surface area contributed by atoms with Crippen LogP contribution in [0.15, 0.2) is 32.8 Å². The largest absolute Gasteiger partial charge is 0.358 e. The van der Waals surface area contributed by atoms with Crippen molar-refractivity contribution in [3.63, 3.8) is 0 Å². The predicted octanol–water partition coefficient (Wildman–Crippen LogP) is 2.38. The Bertz CT molecular complexity index is 923. The molecule has 22 heavy (non-hydrogen) atoms. The number of aromatic nitrogens is 3. The molecule has 1 aliphatic heterocycles. The average molecular weight is 359 g/mol. The summed E-state index contributed by atoms with van der Waals surface area (Å²) >= 11 is 13.3. The molecule has 1 aliphatic rings. The normalized spacial score (nSPS) is 15.8. The number of hydrogen-bond donors (Lipinski definition) is 0. The summed E-state index contributed by atoms with van der Waals surface area (Å²) in [5, 5.41) is 1.13.